The van der Waals surface area contributed by atoms with Gasteiger partial charge in [-0.1, -0.05) is 37.3 Å². The van der Waals surface area contributed by atoms with Gasteiger partial charge in [0.05, 0.1) is 0 Å². The molecular formula is C16H24N2. The van der Waals surface area contributed by atoms with Crippen LogP contribution in [0, 0.1) is 5.92 Å². The van der Waals surface area contributed by atoms with Crippen LogP contribution in [0.5, 0.6) is 0 Å². The van der Waals surface area contributed by atoms with Gasteiger partial charge in [0.15, 0.2) is 0 Å². The number of hydrogen-bond acceptors (Lipinski definition) is 2. The maximum atomic E-state index is 2.69. The number of benzene rings is 1. The van der Waals surface area contributed by atoms with Gasteiger partial charge in [-0.15, -0.1) is 0 Å². The molecule has 98 valence electrons. The Balaban J connectivity index is 1.64. The monoisotopic (exact) mass is 244 g/mol. The van der Waals surface area contributed by atoms with Crippen molar-refractivity contribution >= 4 is 0 Å². The van der Waals surface area contributed by atoms with Crippen LogP contribution in [-0.4, -0.2) is 42.0 Å². The summed E-state index contributed by atoms with van der Waals surface area (Å²) in [5, 5.41) is 0. The van der Waals surface area contributed by atoms with Crippen molar-refractivity contribution in [3.63, 3.8) is 0 Å². The molecule has 18 heavy (non-hydrogen) atoms. The Labute approximate surface area is 111 Å². The predicted octanol–water partition coefficient (Wildman–Crippen LogP) is 2.60. The molecule has 2 saturated heterocycles. The van der Waals surface area contributed by atoms with Crippen LogP contribution >= 0.6 is 0 Å². The van der Waals surface area contributed by atoms with Crippen molar-refractivity contribution in [3.8, 4) is 0 Å². The van der Waals surface area contributed by atoms with E-state index in [0.29, 0.717) is 0 Å². The highest BCUT2D eigenvalue weighted by Crippen LogP contribution is 2.31. The molecule has 1 aromatic carbocycles. The number of piperidine rings is 1. The summed E-state index contributed by atoms with van der Waals surface area (Å²) in [5.74, 6) is 0.919. The molecule has 0 saturated carbocycles. The van der Waals surface area contributed by atoms with Crippen LogP contribution in [0.25, 0.3) is 0 Å². The molecule has 3 rings (SSSR count). The Kier molecular flexibility index (Phi) is 3.67. The number of fused-ring (bicyclic) bond motifs is 1. The molecule has 2 aliphatic rings. The van der Waals surface area contributed by atoms with Crippen LogP contribution < -0.4 is 0 Å². The van der Waals surface area contributed by atoms with Gasteiger partial charge in [-0.3, -0.25) is 9.80 Å². The number of nitrogens with zero attached hydrogens (tertiary/aromatic N) is 2. The first kappa shape index (κ1) is 12.2. The van der Waals surface area contributed by atoms with Crippen LogP contribution in [0.1, 0.15) is 25.3 Å². The summed E-state index contributed by atoms with van der Waals surface area (Å²) in [5.41, 5.74) is 1.46. The molecule has 0 bridgehead atoms. The minimum atomic E-state index is 0.826. The van der Waals surface area contributed by atoms with Crippen LogP contribution in [0.3, 0.4) is 0 Å². The van der Waals surface area contributed by atoms with Crippen LogP contribution in [0.15, 0.2) is 30.3 Å². The first-order valence-electron chi connectivity index (χ1n) is 7.37. The molecule has 0 aromatic heterocycles. The summed E-state index contributed by atoms with van der Waals surface area (Å²) < 4.78 is 0. The van der Waals surface area contributed by atoms with Crippen molar-refractivity contribution in [2.45, 2.75) is 32.4 Å². The second-order valence-corrected chi connectivity index (χ2v) is 5.78. The van der Waals surface area contributed by atoms with E-state index < -0.39 is 0 Å². The minimum absolute atomic E-state index is 0.826. The van der Waals surface area contributed by atoms with E-state index in [1.165, 1.54) is 44.6 Å². The van der Waals surface area contributed by atoms with Crippen LogP contribution in [0.4, 0.5) is 0 Å². The molecule has 0 aliphatic carbocycles. The molecule has 2 heterocycles. The van der Waals surface area contributed by atoms with Gasteiger partial charge in [0.2, 0.25) is 0 Å². The molecule has 2 unspecified atom stereocenters. The number of hydrogen-bond donors (Lipinski definition) is 0. The third-order valence-corrected chi connectivity index (χ3v) is 4.63. The van der Waals surface area contributed by atoms with Gasteiger partial charge in [-0.2, -0.15) is 0 Å². The van der Waals surface area contributed by atoms with Crippen molar-refractivity contribution in [2.24, 2.45) is 5.92 Å². The van der Waals surface area contributed by atoms with E-state index in [4.69, 9.17) is 0 Å². The fourth-order valence-electron chi connectivity index (χ4n) is 3.72. The smallest absolute Gasteiger partial charge is 0.0263 e. The van der Waals surface area contributed by atoms with Crippen molar-refractivity contribution in [1.29, 1.82) is 0 Å². The summed E-state index contributed by atoms with van der Waals surface area (Å²) in [4.78, 5) is 5.35. The average molecular weight is 244 g/mol. The van der Waals surface area contributed by atoms with Gasteiger partial charge < -0.3 is 0 Å². The van der Waals surface area contributed by atoms with E-state index in [2.05, 4.69) is 47.1 Å². The van der Waals surface area contributed by atoms with Crippen LogP contribution in [-0.2, 0) is 6.54 Å². The van der Waals surface area contributed by atoms with E-state index in [1.807, 2.05) is 0 Å². The highest BCUT2D eigenvalue weighted by atomic mass is 15.3. The number of likely N-dealkylation sites (tertiary alicyclic amines) is 2. The Morgan fingerprint density at radius 1 is 1.17 bits per heavy atom. The molecule has 2 atom stereocenters. The lowest BCUT2D eigenvalue weighted by molar-refractivity contribution is 0.130. The van der Waals surface area contributed by atoms with Gasteiger partial charge >= 0.3 is 0 Å². The van der Waals surface area contributed by atoms with Gasteiger partial charge in [0.25, 0.3) is 0 Å². The second kappa shape index (κ2) is 5.41. The SMILES string of the molecule is CCN1CCCC2CN(Cc3ccccc3)CC21. The topological polar surface area (TPSA) is 6.48 Å². The lowest BCUT2D eigenvalue weighted by Crippen LogP contribution is -2.44. The fraction of sp³-hybridized carbons (Fsp3) is 0.625. The molecule has 0 N–H and O–H groups in total. The molecule has 0 amide bonds. The maximum Gasteiger partial charge on any atom is 0.0263 e. The van der Waals surface area contributed by atoms with E-state index in [1.54, 1.807) is 0 Å². The second-order valence-electron chi connectivity index (χ2n) is 5.78. The van der Waals surface area contributed by atoms with E-state index in [0.717, 1.165) is 18.5 Å². The fourth-order valence-corrected chi connectivity index (χ4v) is 3.72. The van der Waals surface area contributed by atoms with E-state index in [9.17, 15) is 0 Å². The van der Waals surface area contributed by atoms with E-state index >= 15 is 0 Å². The van der Waals surface area contributed by atoms with E-state index in [-0.39, 0.29) is 0 Å². The summed E-state index contributed by atoms with van der Waals surface area (Å²) in [6, 6.07) is 11.7. The molecule has 2 heteroatoms. The lowest BCUT2D eigenvalue weighted by Gasteiger charge is -2.36. The van der Waals surface area contributed by atoms with Crippen molar-refractivity contribution in [3.05, 3.63) is 35.9 Å². The maximum absolute atomic E-state index is 2.69. The van der Waals surface area contributed by atoms with Gasteiger partial charge in [-0.05, 0) is 37.4 Å². The van der Waals surface area contributed by atoms with Gasteiger partial charge in [0.1, 0.15) is 0 Å². The first-order valence-corrected chi connectivity index (χ1v) is 7.37. The first-order chi connectivity index (χ1) is 8.86. The molecule has 2 fully saturated rings. The quantitative estimate of drug-likeness (QED) is 0.806. The molecule has 2 aliphatic heterocycles. The highest BCUT2D eigenvalue weighted by Gasteiger charge is 2.37. The van der Waals surface area contributed by atoms with Crippen molar-refractivity contribution < 1.29 is 0 Å². The van der Waals surface area contributed by atoms with Crippen molar-refractivity contribution in [2.75, 3.05) is 26.2 Å². The normalized spacial score (nSPS) is 29.4. The third kappa shape index (κ3) is 2.45. The summed E-state index contributed by atoms with van der Waals surface area (Å²) in [7, 11) is 0. The molecule has 0 spiro atoms. The third-order valence-electron chi connectivity index (χ3n) is 4.63. The minimum Gasteiger partial charge on any atom is -0.299 e. The Hall–Kier alpha value is -0.860. The molecular weight excluding hydrogens is 220 g/mol. The average Bonchev–Trinajstić information content (AvgIpc) is 2.82. The summed E-state index contributed by atoms with van der Waals surface area (Å²) >= 11 is 0. The molecule has 2 nitrogen and oxygen atoms in total. The van der Waals surface area contributed by atoms with Crippen LogP contribution in [0.2, 0.25) is 0 Å². The largest absolute Gasteiger partial charge is 0.299 e. The standard InChI is InChI=1S/C16H24N2/c1-2-18-10-6-9-15-12-17(13-16(15)18)11-14-7-4-3-5-8-14/h3-5,7-8,15-16H,2,6,9-13H2,1H3. The Morgan fingerprint density at radius 3 is 2.78 bits per heavy atom. The lowest BCUT2D eigenvalue weighted by atomic mass is 9.92. The summed E-state index contributed by atoms with van der Waals surface area (Å²) in [6.45, 7) is 8.55. The van der Waals surface area contributed by atoms with Gasteiger partial charge in [0, 0.05) is 25.7 Å². The molecule has 1 aromatic rings. The zero-order valence-electron chi connectivity index (χ0n) is 11.4. The highest BCUT2D eigenvalue weighted by molar-refractivity contribution is 5.15. The van der Waals surface area contributed by atoms with Gasteiger partial charge in [-0.25, -0.2) is 0 Å². The number of likely N-dealkylation sites (N-methyl/N-ethyl adjacent to an activating group) is 1. The zero-order chi connectivity index (χ0) is 12.4. The Morgan fingerprint density at radius 2 is 2.00 bits per heavy atom. The van der Waals surface area contributed by atoms with Crippen molar-refractivity contribution in [1.82, 2.24) is 9.80 Å². The number of rotatable bonds is 3. The predicted molar refractivity (Wildman–Crippen MR) is 75.5 cm³/mol. The Bertz CT molecular complexity index is 376. The zero-order valence-corrected chi connectivity index (χ0v) is 11.4. The molecule has 0 radical (unpaired) electrons. The summed E-state index contributed by atoms with van der Waals surface area (Å²) in [6.07, 6.45) is 2.83.